The summed E-state index contributed by atoms with van der Waals surface area (Å²) in [6.45, 7) is 5.36. The second-order valence-corrected chi connectivity index (χ2v) is 9.47. The fraction of sp³-hybridized carbons (Fsp3) is 0.167. The Kier molecular flexibility index (Phi) is 8.84. The summed E-state index contributed by atoms with van der Waals surface area (Å²) in [4.78, 5) is 63.6. The number of anilines is 3. The predicted octanol–water partition coefficient (Wildman–Crippen LogP) is 5.12. The normalized spacial score (nSPS) is 13.0. The summed E-state index contributed by atoms with van der Waals surface area (Å²) in [5.74, 6) is -2.89. The molecule has 2 N–H and O–H groups in total. The molecule has 0 bridgehead atoms. The summed E-state index contributed by atoms with van der Waals surface area (Å²) in [7, 11) is 0. The minimum absolute atomic E-state index is 0.147. The summed E-state index contributed by atoms with van der Waals surface area (Å²) in [5.41, 5.74) is 1.78. The molecule has 3 aromatic rings. The summed E-state index contributed by atoms with van der Waals surface area (Å²) < 4.78 is 10.1. The Bertz CT molecular complexity index is 1550. The molecule has 41 heavy (non-hydrogen) atoms. The number of amides is 3. The van der Waals surface area contributed by atoms with Gasteiger partial charge in [0.15, 0.2) is 0 Å². The number of ether oxygens (including phenoxy) is 2. The monoisotopic (exact) mass is 575 g/mol. The van der Waals surface area contributed by atoms with Crippen molar-refractivity contribution in [1.82, 2.24) is 0 Å². The zero-order chi connectivity index (χ0) is 29.7. The van der Waals surface area contributed by atoms with Crippen LogP contribution in [0.5, 0.6) is 0 Å². The first-order valence-electron chi connectivity index (χ1n) is 12.6. The number of nitrogens with one attached hydrogen (secondary N) is 2. The molecule has 0 saturated heterocycles. The molecule has 1 aliphatic heterocycles. The highest BCUT2D eigenvalue weighted by atomic mass is 35.5. The minimum atomic E-state index is -0.750. The molecule has 1 aliphatic rings. The molecule has 0 aromatic heterocycles. The van der Waals surface area contributed by atoms with Crippen molar-refractivity contribution in [1.29, 1.82) is 0 Å². The van der Waals surface area contributed by atoms with Crippen LogP contribution in [-0.2, 0) is 19.1 Å². The van der Waals surface area contributed by atoms with Gasteiger partial charge in [-0.25, -0.2) is 14.5 Å². The third kappa shape index (κ3) is 6.62. The van der Waals surface area contributed by atoms with E-state index in [0.29, 0.717) is 22.5 Å². The maximum Gasteiger partial charge on any atom is 0.338 e. The standard InChI is InChI=1S/C30H26ClN3O7/c1-4-40-29(38)20-6-5-7-23(16-20)34-27(36)24(31)25(28(34)37)32-21-12-8-18(9-13-21)26(35)33-22-14-10-19(11-15-22)30(39)41-17(2)3/h5-17,32H,4H2,1-3H3,(H,33,35). The number of rotatable bonds is 9. The van der Waals surface area contributed by atoms with Crippen LogP contribution in [0, 0.1) is 0 Å². The highest BCUT2D eigenvalue weighted by Gasteiger charge is 2.39. The third-order valence-electron chi connectivity index (χ3n) is 5.78. The van der Waals surface area contributed by atoms with Crippen molar-refractivity contribution in [2.75, 3.05) is 22.1 Å². The lowest BCUT2D eigenvalue weighted by Crippen LogP contribution is -2.32. The average Bonchev–Trinajstić information content (AvgIpc) is 3.16. The Hall–Kier alpha value is -4.96. The van der Waals surface area contributed by atoms with Crippen LogP contribution >= 0.6 is 11.6 Å². The van der Waals surface area contributed by atoms with Gasteiger partial charge in [-0.1, -0.05) is 17.7 Å². The van der Waals surface area contributed by atoms with Gasteiger partial charge in [0, 0.05) is 16.9 Å². The molecular weight excluding hydrogens is 550 g/mol. The van der Waals surface area contributed by atoms with E-state index in [-0.39, 0.29) is 34.7 Å². The lowest BCUT2D eigenvalue weighted by molar-refractivity contribution is -0.120. The van der Waals surface area contributed by atoms with Gasteiger partial charge in [0.2, 0.25) is 0 Å². The quantitative estimate of drug-likeness (QED) is 0.266. The van der Waals surface area contributed by atoms with Gasteiger partial charge in [-0.15, -0.1) is 0 Å². The van der Waals surface area contributed by atoms with Crippen LogP contribution < -0.4 is 15.5 Å². The lowest BCUT2D eigenvalue weighted by Gasteiger charge is -2.16. The van der Waals surface area contributed by atoms with Crippen molar-refractivity contribution in [3.63, 3.8) is 0 Å². The van der Waals surface area contributed by atoms with E-state index in [2.05, 4.69) is 10.6 Å². The molecule has 10 nitrogen and oxygen atoms in total. The van der Waals surface area contributed by atoms with E-state index in [9.17, 15) is 24.0 Å². The molecule has 4 rings (SSSR count). The zero-order valence-electron chi connectivity index (χ0n) is 22.4. The second kappa shape index (κ2) is 12.5. The molecule has 0 saturated carbocycles. The molecule has 3 amide bonds. The van der Waals surface area contributed by atoms with E-state index in [1.165, 1.54) is 36.4 Å². The SMILES string of the molecule is CCOC(=O)c1cccc(N2C(=O)C(Cl)=C(Nc3ccc(C(=O)Nc4ccc(C(=O)OC(C)C)cc4)cc3)C2=O)c1. The third-order valence-corrected chi connectivity index (χ3v) is 6.13. The van der Waals surface area contributed by atoms with Crippen molar-refractivity contribution in [3.05, 3.63) is 100 Å². The van der Waals surface area contributed by atoms with Crippen LogP contribution in [-0.4, -0.2) is 42.4 Å². The van der Waals surface area contributed by atoms with E-state index >= 15 is 0 Å². The van der Waals surface area contributed by atoms with E-state index < -0.39 is 29.7 Å². The van der Waals surface area contributed by atoms with Gasteiger partial charge < -0.3 is 20.1 Å². The number of imide groups is 1. The number of hydrogen-bond acceptors (Lipinski definition) is 8. The van der Waals surface area contributed by atoms with Crippen molar-refractivity contribution >= 4 is 58.3 Å². The number of carbonyl (C=O) groups is 5. The number of halogens is 1. The summed E-state index contributed by atoms with van der Waals surface area (Å²) in [6, 6.07) is 18.4. The van der Waals surface area contributed by atoms with Gasteiger partial charge in [0.05, 0.1) is 29.5 Å². The molecule has 3 aromatic carbocycles. The smallest absolute Gasteiger partial charge is 0.338 e. The fourth-order valence-electron chi connectivity index (χ4n) is 3.86. The molecule has 0 aliphatic carbocycles. The molecule has 0 radical (unpaired) electrons. The van der Waals surface area contributed by atoms with Crippen LogP contribution in [0.4, 0.5) is 17.1 Å². The first-order chi connectivity index (χ1) is 19.6. The number of hydrogen-bond donors (Lipinski definition) is 2. The zero-order valence-corrected chi connectivity index (χ0v) is 23.2. The molecule has 0 spiro atoms. The number of esters is 2. The van der Waals surface area contributed by atoms with Crippen molar-refractivity contribution in [2.24, 2.45) is 0 Å². The van der Waals surface area contributed by atoms with Gasteiger partial charge in [-0.05, 0) is 87.5 Å². The molecular formula is C30H26ClN3O7. The second-order valence-electron chi connectivity index (χ2n) is 9.09. The number of carbonyl (C=O) groups excluding carboxylic acids is 5. The van der Waals surface area contributed by atoms with E-state index in [0.717, 1.165) is 4.90 Å². The summed E-state index contributed by atoms with van der Waals surface area (Å²) >= 11 is 6.22. The highest BCUT2D eigenvalue weighted by molar-refractivity contribution is 6.53. The predicted molar refractivity (Wildman–Crippen MR) is 153 cm³/mol. The molecule has 0 fully saturated rings. The first-order valence-corrected chi connectivity index (χ1v) is 13.0. The van der Waals surface area contributed by atoms with Crippen LogP contribution in [0.15, 0.2) is 83.5 Å². The van der Waals surface area contributed by atoms with E-state index in [1.807, 2.05) is 0 Å². The van der Waals surface area contributed by atoms with Crippen molar-refractivity contribution in [2.45, 2.75) is 26.9 Å². The van der Waals surface area contributed by atoms with Gasteiger partial charge in [0.25, 0.3) is 17.7 Å². The lowest BCUT2D eigenvalue weighted by atomic mass is 10.1. The van der Waals surface area contributed by atoms with Gasteiger partial charge in [-0.3, -0.25) is 14.4 Å². The maximum absolute atomic E-state index is 13.1. The fourth-order valence-corrected chi connectivity index (χ4v) is 4.07. The largest absolute Gasteiger partial charge is 0.462 e. The summed E-state index contributed by atoms with van der Waals surface area (Å²) in [5, 5.41) is 5.26. The highest BCUT2D eigenvalue weighted by Crippen LogP contribution is 2.31. The van der Waals surface area contributed by atoms with Crippen molar-refractivity contribution < 1.29 is 33.4 Å². The van der Waals surface area contributed by atoms with E-state index in [1.54, 1.807) is 57.2 Å². The molecule has 1 heterocycles. The Morgan fingerprint density at radius 1 is 0.829 bits per heavy atom. The Labute approximate surface area is 240 Å². The Morgan fingerprint density at radius 3 is 2.10 bits per heavy atom. The van der Waals surface area contributed by atoms with Gasteiger partial charge in [-0.2, -0.15) is 0 Å². The topological polar surface area (TPSA) is 131 Å². The number of benzene rings is 3. The van der Waals surface area contributed by atoms with Crippen LogP contribution in [0.3, 0.4) is 0 Å². The molecule has 11 heteroatoms. The maximum atomic E-state index is 13.1. The molecule has 0 unspecified atom stereocenters. The van der Waals surface area contributed by atoms with Crippen LogP contribution in [0.2, 0.25) is 0 Å². The summed E-state index contributed by atoms with van der Waals surface area (Å²) in [6.07, 6.45) is -0.243. The molecule has 0 atom stereocenters. The minimum Gasteiger partial charge on any atom is -0.462 e. The Morgan fingerprint density at radius 2 is 1.46 bits per heavy atom. The number of nitrogens with zero attached hydrogens (tertiary/aromatic N) is 1. The first kappa shape index (κ1) is 29.0. The van der Waals surface area contributed by atoms with Gasteiger partial charge >= 0.3 is 11.9 Å². The van der Waals surface area contributed by atoms with Gasteiger partial charge in [0.1, 0.15) is 10.7 Å². The van der Waals surface area contributed by atoms with E-state index in [4.69, 9.17) is 21.1 Å². The molecule has 210 valence electrons. The van der Waals surface area contributed by atoms with Crippen LogP contribution in [0.25, 0.3) is 0 Å². The average molecular weight is 576 g/mol. The Balaban J connectivity index is 1.42. The van der Waals surface area contributed by atoms with Crippen molar-refractivity contribution in [3.8, 4) is 0 Å². The van der Waals surface area contributed by atoms with Crippen LogP contribution in [0.1, 0.15) is 51.8 Å².